The first kappa shape index (κ1) is 24.8. The Morgan fingerprint density at radius 1 is 1.19 bits per heavy atom. The number of hydrogen-bond acceptors (Lipinski definition) is 5. The van der Waals surface area contributed by atoms with Crippen LogP contribution in [0, 0.1) is 5.92 Å². The predicted octanol–water partition coefficient (Wildman–Crippen LogP) is 5.50. The van der Waals surface area contributed by atoms with E-state index in [9.17, 15) is 4.79 Å². The zero-order chi connectivity index (χ0) is 25.2. The molecule has 4 aliphatic rings. The number of allylic oxidation sites excluding steroid dienone is 2. The molecule has 0 aromatic carbocycles. The number of pyridine rings is 1. The van der Waals surface area contributed by atoms with E-state index in [1.165, 1.54) is 50.6 Å². The molecule has 1 saturated carbocycles. The zero-order valence-corrected chi connectivity index (χ0v) is 22.7. The highest BCUT2D eigenvalue weighted by Gasteiger charge is 2.30. The van der Waals surface area contributed by atoms with Gasteiger partial charge in [-0.05, 0) is 48.6 Å². The highest BCUT2D eigenvalue weighted by atomic mass is 32.1. The van der Waals surface area contributed by atoms with Crippen LogP contribution in [-0.4, -0.2) is 66.2 Å². The number of aromatic nitrogens is 1. The number of rotatable bonds is 6. The molecule has 0 radical (unpaired) electrons. The Morgan fingerprint density at radius 2 is 2.03 bits per heavy atom. The molecule has 2 aromatic heterocycles. The molecule has 1 N–H and O–H groups in total. The lowest BCUT2D eigenvalue weighted by molar-refractivity contribution is 0.0346. The highest BCUT2D eigenvalue weighted by Crippen LogP contribution is 2.40. The van der Waals surface area contributed by atoms with E-state index in [-0.39, 0.29) is 6.03 Å². The second kappa shape index (κ2) is 11.1. The summed E-state index contributed by atoms with van der Waals surface area (Å²) in [7, 11) is 0. The van der Waals surface area contributed by atoms with E-state index in [4.69, 9.17) is 9.72 Å². The summed E-state index contributed by atoms with van der Waals surface area (Å²) in [5, 5.41) is 3.27. The number of ether oxygens (including phenoxy) is 1. The number of carbonyl (C=O) groups is 1. The molecule has 4 heterocycles. The second-order valence-electron chi connectivity index (χ2n) is 10.8. The van der Waals surface area contributed by atoms with E-state index < -0.39 is 0 Å². The molecule has 6 nitrogen and oxygen atoms in total. The van der Waals surface area contributed by atoms with Gasteiger partial charge < -0.3 is 15.0 Å². The minimum absolute atomic E-state index is 0.107. The van der Waals surface area contributed by atoms with Gasteiger partial charge in [0.15, 0.2) is 0 Å². The van der Waals surface area contributed by atoms with Gasteiger partial charge in [0.25, 0.3) is 0 Å². The fraction of sp³-hybridized carbons (Fsp3) is 0.533. The van der Waals surface area contributed by atoms with Crippen LogP contribution < -0.4 is 5.32 Å². The van der Waals surface area contributed by atoms with Crippen molar-refractivity contribution in [2.75, 3.05) is 39.4 Å². The standard InChI is InChI=1S/C30H38N4O2S/c1-2-21-19-34(30(35)32-23-5-3-4-6-23)12-11-25(21)26-8-9-28-27(26)17-22(18-31-28)29-10-7-24(37-29)20-33-13-15-36-16-14-33/h7-8,10-11,17-18,21,23H,2-6,9,12-16,19-20H2,1H3,(H,32,35). The maximum atomic E-state index is 12.9. The number of amides is 2. The smallest absolute Gasteiger partial charge is 0.317 e. The number of nitrogens with zero attached hydrogens (tertiary/aromatic N) is 3. The summed E-state index contributed by atoms with van der Waals surface area (Å²) in [4.78, 5) is 25.0. The minimum atomic E-state index is 0.107. The van der Waals surface area contributed by atoms with Crippen molar-refractivity contribution >= 4 is 22.9 Å². The molecule has 1 saturated heterocycles. The van der Waals surface area contributed by atoms with E-state index >= 15 is 0 Å². The van der Waals surface area contributed by atoms with Gasteiger partial charge in [0.2, 0.25) is 0 Å². The molecule has 2 aliphatic carbocycles. The number of fused-ring (bicyclic) bond motifs is 1. The Morgan fingerprint density at radius 3 is 2.84 bits per heavy atom. The Hall–Kier alpha value is -2.48. The van der Waals surface area contributed by atoms with Crippen molar-refractivity contribution in [3.05, 3.63) is 58.3 Å². The van der Waals surface area contributed by atoms with Gasteiger partial charge in [-0.15, -0.1) is 11.3 Å². The third-order valence-corrected chi connectivity index (χ3v) is 9.49. The summed E-state index contributed by atoms with van der Waals surface area (Å²) >= 11 is 1.88. The van der Waals surface area contributed by atoms with E-state index in [1.54, 1.807) is 0 Å². The maximum Gasteiger partial charge on any atom is 0.317 e. The first-order valence-corrected chi connectivity index (χ1v) is 14.8. The van der Waals surface area contributed by atoms with E-state index in [2.05, 4.69) is 47.5 Å². The van der Waals surface area contributed by atoms with Gasteiger partial charge >= 0.3 is 6.03 Å². The van der Waals surface area contributed by atoms with E-state index in [0.29, 0.717) is 18.5 Å². The summed E-state index contributed by atoms with van der Waals surface area (Å²) in [6, 6.07) is 7.33. The molecule has 2 fully saturated rings. The first-order chi connectivity index (χ1) is 18.2. The van der Waals surface area contributed by atoms with Crippen molar-refractivity contribution in [1.29, 1.82) is 0 Å². The van der Waals surface area contributed by atoms with Crippen LogP contribution in [0.5, 0.6) is 0 Å². The molecular formula is C30H38N4O2S. The molecule has 2 aromatic rings. The third kappa shape index (κ3) is 5.40. The molecule has 0 spiro atoms. The van der Waals surface area contributed by atoms with Gasteiger partial charge in [-0.3, -0.25) is 9.88 Å². The fourth-order valence-electron chi connectivity index (χ4n) is 6.20. The fourth-order valence-corrected chi connectivity index (χ4v) is 7.23. The molecule has 196 valence electrons. The van der Waals surface area contributed by atoms with Gasteiger partial charge in [0, 0.05) is 78.2 Å². The lowest BCUT2D eigenvalue weighted by atomic mass is 9.85. The number of hydrogen-bond donors (Lipinski definition) is 1. The second-order valence-corrected chi connectivity index (χ2v) is 12.0. The van der Waals surface area contributed by atoms with Crippen molar-refractivity contribution in [1.82, 2.24) is 20.1 Å². The quantitative estimate of drug-likeness (QED) is 0.549. The zero-order valence-electron chi connectivity index (χ0n) is 21.9. The minimum Gasteiger partial charge on any atom is -0.379 e. The number of morpholine rings is 1. The Kier molecular flexibility index (Phi) is 7.45. The Labute approximate surface area is 224 Å². The van der Waals surface area contributed by atoms with Crippen molar-refractivity contribution in [3.8, 4) is 10.4 Å². The van der Waals surface area contributed by atoms with Crippen molar-refractivity contribution < 1.29 is 9.53 Å². The molecule has 1 atom stereocenters. The maximum absolute atomic E-state index is 12.9. The topological polar surface area (TPSA) is 57.7 Å². The monoisotopic (exact) mass is 518 g/mol. The van der Waals surface area contributed by atoms with Crippen LogP contribution in [0.2, 0.25) is 0 Å². The summed E-state index contributed by atoms with van der Waals surface area (Å²) in [5.41, 5.74) is 6.36. The molecule has 0 bridgehead atoms. The van der Waals surface area contributed by atoms with Crippen LogP contribution in [0.25, 0.3) is 16.0 Å². The van der Waals surface area contributed by atoms with E-state index in [1.807, 2.05) is 22.4 Å². The van der Waals surface area contributed by atoms with Crippen molar-refractivity contribution in [2.24, 2.45) is 5.92 Å². The van der Waals surface area contributed by atoms with Crippen molar-refractivity contribution in [2.45, 2.75) is 58.0 Å². The van der Waals surface area contributed by atoms with Crippen molar-refractivity contribution in [3.63, 3.8) is 0 Å². The number of carbonyl (C=O) groups excluding carboxylic acids is 1. The van der Waals surface area contributed by atoms with E-state index in [0.717, 1.165) is 65.1 Å². The largest absolute Gasteiger partial charge is 0.379 e. The number of thiophene rings is 1. The third-order valence-electron chi connectivity index (χ3n) is 8.38. The average molecular weight is 519 g/mol. The van der Waals surface area contributed by atoms with Gasteiger partial charge in [0.1, 0.15) is 0 Å². The Bertz CT molecular complexity index is 1190. The summed E-state index contributed by atoms with van der Waals surface area (Å²) in [6.45, 7) is 8.39. The highest BCUT2D eigenvalue weighted by molar-refractivity contribution is 7.15. The van der Waals surface area contributed by atoms with Gasteiger partial charge in [0.05, 0.1) is 18.9 Å². The summed E-state index contributed by atoms with van der Waals surface area (Å²) in [6.07, 6.45) is 13.3. The summed E-state index contributed by atoms with van der Waals surface area (Å²) in [5.74, 6) is 0.353. The lowest BCUT2D eigenvalue weighted by Gasteiger charge is -2.34. The molecule has 1 unspecified atom stereocenters. The number of nitrogens with one attached hydrogen (secondary N) is 1. The lowest BCUT2D eigenvalue weighted by Crippen LogP contribution is -2.47. The summed E-state index contributed by atoms with van der Waals surface area (Å²) < 4.78 is 5.50. The van der Waals surface area contributed by atoms with Gasteiger partial charge in [-0.25, -0.2) is 4.79 Å². The SMILES string of the molecule is CCC1CN(C(=O)NC2CCCC2)CC=C1C1=CCc2ncc(-c3ccc(CN4CCOCC4)s3)cc21. The van der Waals surface area contributed by atoms with Crippen LogP contribution in [0.4, 0.5) is 4.79 Å². The van der Waals surface area contributed by atoms with Crippen LogP contribution in [0.1, 0.15) is 55.2 Å². The van der Waals surface area contributed by atoms with Gasteiger partial charge in [-0.2, -0.15) is 0 Å². The predicted molar refractivity (Wildman–Crippen MR) is 150 cm³/mol. The normalized spacial score (nSPS) is 22.6. The number of urea groups is 1. The van der Waals surface area contributed by atoms with Gasteiger partial charge in [-0.1, -0.05) is 31.9 Å². The average Bonchev–Trinajstić information content (AvgIpc) is 3.70. The van der Waals surface area contributed by atoms with Crippen LogP contribution in [0.3, 0.4) is 0 Å². The molecule has 2 amide bonds. The van der Waals surface area contributed by atoms with Crippen LogP contribution >= 0.6 is 11.3 Å². The molecular weight excluding hydrogens is 480 g/mol. The molecule has 6 rings (SSSR count). The first-order valence-electron chi connectivity index (χ1n) is 14.0. The molecule has 2 aliphatic heterocycles. The van der Waals surface area contributed by atoms with Crippen LogP contribution in [0.15, 0.2) is 42.1 Å². The van der Waals surface area contributed by atoms with Crippen LogP contribution in [-0.2, 0) is 17.7 Å². The molecule has 7 heteroatoms. The molecule has 37 heavy (non-hydrogen) atoms. The Balaban J connectivity index is 1.17.